The third-order valence-electron chi connectivity index (χ3n) is 9.54. The molecule has 30 heavy (non-hydrogen) atoms. The van der Waals surface area contributed by atoms with Crippen LogP contribution in [0.2, 0.25) is 0 Å². The molecule has 1 aliphatic heterocycles. The lowest BCUT2D eigenvalue weighted by molar-refractivity contribution is 0.00578. The summed E-state index contributed by atoms with van der Waals surface area (Å²) in [6.45, 7) is 8.43. The summed E-state index contributed by atoms with van der Waals surface area (Å²) in [6.07, 6.45) is 7.43. The van der Waals surface area contributed by atoms with E-state index in [-0.39, 0.29) is 16.6 Å². The molecule has 6 aliphatic rings. The van der Waals surface area contributed by atoms with Crippen LogP contribution in [0.3, 0.4) is 0 Å². The predicted molar refractivity (Wildman–Crippen MR) is 116 cm³/mol. The smallest absolute Gasteiger partial charge is 0.398 e. The molecule has 4 bridgehead atoms. The Morgan fingerprint density at radius 2 is 1.77 bits per heavy atom. The van der Waals surface area contributed by atoms with Crippen molar-refractivity contribution in [2.45, 2.75) is 70.0 Å². The summed E-state index contributed by atoms with van der Waals surface area (Å²) >= 11 is 0. The highest BCUT2D eigenvalue weighted by Crippen LogP contribution is 2.72. The molecular formula is C25H29BN2O2. The molecule has 0 aromatic carbocycles. The van der Waals surface area contributed by atoms with Gasteiger partial charge in [0, 0.05) is 17.2 Å². The van der Waals surface area contributed by atoms with Crippen LogP contribution in [0.4, 0.5) is 0 Å². The summed E-state index contributed by atoms with van der Waals surface area (Å²) in [7, 11) is -0.413. The molecule has 1 spiro atoms. The van der Waals surface area contributed by atoms with Crippen LogP contribution in [0, 0.1) is 23.7 Å². The van der Waals surface area contributed by atoms with E-state index < -0.39 is 7.12 Å². The molecule has 5 unspecified atom stereocenters. The Hall–Kier alpha value is -1.72. The zero-order chi connectivity index (χ0) is 20.5. The van der Waals surface area contributed by atoms with Crippen LogP contribution in [-0.4, -0.2) is 28.3 Å². The van der Waals surface area contributed by atoms with E-state index in [1.807, 2.05) is 6.20 Å². The summed E-state index contributed by atoms with van der Waals surface area (Å²) in [5, 5.41) is 0. The van der Waals surface area contributed by atoms with E-state index in [9.17, 15) is 0 Å². The number of hydrogen-bond donors (Lipinski definition) is 0. The molecule has 154 valence electrons. The Bertz CT molecular complexity index is 1060. The average molecular weight is 400 g/mol. The van der Waals surface area contributed by atoms with Crippen molar-refractivity contribution >= 4 is 12.7 Å². The largest absolute Gasteiger partial charge is 0.514 e. The van der Waals surface area contributed by atoms with Gasteiger partial charge < -0.3 is 9.31 Å². The van der Waals surface area contributed by atoms with E-state index in [1.54, 1.807) is 0 Å². The first-order chi connectivity index (χ1) is 14.3. The summed E-state index contributed by atoms with van der Waals surface area (Å²) < 4.78 is 12.7. The molecule has 0 radical (unpaired) electrons. The minimum atomic E-state index is -0.413. The summed E-state index contributed by atoms with van der Waals surface area (Å²) in [6, 6.07) is 8.80. The van der Waals surface area contributed by atoms with E-state index in [0.29, 0.717) is 11.8 Å². The van der Waals surface area contributed by atoms with Crippen molar-refractivity contribution in [2.75, 3.05) is 0 Å². The lowest BCUT2D eigenvalue weighted by Gasteiger charge is -2.42. The van der Waals surface area contributed by atoms with E-state index in [0.717, 1.165) is 23.1 Å². The third kappa shape index (κ3) is 1.93. The van der Waals surface area contributed by atoms with Crippen molar-refractivity contribution in [2.24, 2.45) is 23.7 Å². The quantitative estimate of drug-likeness (QED) is 0.676. The Labute approximate surface area is 178 Å². The van der Waals surface area contributed by atoms with Crippen molar-refractivity contribution in [3.05, 3.63) is 41.7 Å². The van der Waals surface area contributed by atoms with Crippen LogP contribution in [0.1, 0.15) is 64.6 Å². The Morgan fingerprint density at radius 3 is 2.53 bits per heavy atom. The second-order valence-corrected chi connectivity index (χ2v) is 11.4. The Morgan fingerprint density at radius 1 is 0.967 bits per heavy atom. The highest BCUT2D eigenvalue weighted by Gasteiger charge is 2.67. The third-order valence-corrected chi connectivity index (χ3v) is 9.54. The SMILES string of the molecule is CC1(C)OB(c2ccc3c(n2)C2(c4cccnc4-3)C3CC4CC(C3)C2C4)OC1(C)C. The van der Waals surface area contributed by atoms with Gasteiger partial charge in [0.15, 0.2) is 0 Å². The molecule has 2 aromatic rings. The second-order valence-electron chi connectivity index (χ2n) is 11.4. The molecule has 4 nitrogen and oxygen atoms in total. The summed E-state index contributed by atoms with van der Waals surface area (Å²) in [4.78, 5) is 10.2. The fraction of sp³-hybridized carbons (Fsp3) is 0.600. The van der Waals surface area contributed by atoms with E-state index in [1.165, 1.54) is 42.5 Å². The van der Waals surface area contributed by atoms with Crippen LogP contribution >= 0.6 is 0 Å². The lowest BCUT2D eigenvalue weighted by Crippen LogP contribution is -2.44. The molecule has 3 heterocycles. The number of pyridine rings is 2. The molecular weight excluding hydrogens is 371 g/mol. The van der Waals surface area contributed by atoms with E-state index in [4.69, 9.17) is 19.3 Å². The second kappa shape index (κ2) is 5.36. The summed E-state index contributed by atoms with van der Waals surface area (Å²) in [5.74, 6) is 3.20. The van der Waals surface area contributed by atoms with Crippen molar-refractivity contribution in [3.8, 4) is 11.3 Å². The van der Waals surface area contributed by atoms with Gasteiger partial charge in [-0.25, -0.2) is 0 Å². The van der Waals surface area contributed by atoms with Gasteiger partial charge in [0.2, 0.25) is 0 Å². The predicted octanol–water partition coefficient (Wildman–Crippen LogP) is 4.11. The van der Waals surface area contributed by atoms with Gasteiger partial charge in [-0.15, -0.1) is 0 Å². The maximum atomic E-state index is 6.36. The summed E-state index contributed by atoms with van der Waals surface area (Å²) in [5.41, 5.74) is 5.36. The molecule has 1 saturated heterocycles. The highest BCUT2D eigenvalue weighted by atomic mass is 16.7. The van der Waals surface area contributed by atoms with Crippen LogP contribution in [0.15, 0.2) is 30.5 Å². The Kier molecular flexibility index (Phi) is 3.20. The lowest BCUT2D eigenvalue weighted by atomic mass is 9.61. The molecule has 5 aliphatic carbocycles. The van der Waals surface area contributed by atoms with Gasteiger partial charge in [-0.3, -0.25) is 9.97 Å². The molecule has 2 aromatic heterocycles. The minimum absolute atomic E-state index is 0.0518. The zero-order valence-electron chi connectivity index (χ0n) is 18.3. The minimum Gasteiger partial charge on any atom is -0.398 e. The van der Waals surface area contributed by atoms with Crippen molar-refractivity contribution in [3.63, 3.8) is 0 Å². The zero-order valence-corrected chi connectivity index (χ0v) is 18.3. The van der Waals surface area contributed by atoms with Gasteiger partial charge >= 0.3 is 7.12 Å². The number of hydrogen-bond acceptors (Lipinski definition) is 4. The first-order valence-electron chi connectivity index (χ1n) is 11.6. The molecule has 5 atom stereocenters. The van der Waals surface area contributed by atoms with Gasteiger partial charge in [-0.1, -0.05) is 6.07 Å². The van der Waals surface area contributed by atoms with Gasteiger partial charge in [0.25, 0.3) is 0 Å². The van der Waals surface area contributed by atoms with Crippen molar-refractivity contribution in [1.82, 2.24) is 9.97 Å². The van der Waals surface area contributed by atoms with Gasteiger partial charge in [-0.05, 0) is 101 Å². The molecule has 5 fully saturated rings. The van der Waals surface area contributed by atoms with E-state index in [2.05, 4.69) is 52.0 Å². The molecule has 5 heteroatoms. The standard InChI is InChI=1S/C25H29BN2O2/c1-23(2)24(3,4)30-26(29-23)20-8-7-17-21-18(6-5-9-27-21)25(22(17)28-20)16-11-14-10-15(13-16)19(25)12-14/h5-9,14-16,19H,10-13H2,1-4H3. The average Bonchev–Trinajstić information content (AvgIpc) is 3.31. The van der Waals surface area contributed by atoms with Crippen molar-refractivity contribution < 1.29 is 9.31 Å². The molecule has 0 amide bonds. The normalized spacial score (nSPS) is 38.5. The van der Waals surface area contributed by atoms with Crippen LogP contribution in [0.25, 0.3) is 11.3 Å². The molecule has 0 N–H and O–H groups in total. The number of nitrogens with zero attached hydrogens (tertiary/aromatic N) is 2. The number of aromatic nitrogens is 2. The van der Waals surface area contributed by atoms with Gasteiger partial charge in [0.05, 0.1) is 28.2 Å². The van der Waals surface area contributed by atoms with Gasteiger partial charge in [-0.2, -0.15) is 0 Å². The molecule has 8 rings (SSSR count). The first kappa shape index (κ1) is 17.9. The van der Waals surface area contributed by atoms with Crippen molar-refractivity contribution in [1.29, 1.82) is 0 Å². The fourth-order valence-corrected chi connectivity index (χ4v) is 7.74. The van der Waals surface area contributed by atoms with Gasteiger partial charge in [0.1, 0.15) is 0 Å². The van der Waals surface area contributed by atoms with E-state index >= 15 is 0 Å². The fourth-order valence-electron chi connectivity index (χ4n) is 7.74. The molecule has 4 saturated carbocycles. The number of fused-ring (bicyclic) bond motifs is 3. The first-order valence-corrected chi connectivity index (χ1v) is 11.6. The maximum Gasteiger partial charge on any atom is 0.514 e. The Balaban J connectivity index is 1.41. The monoisotopic (exact) mass is 400 g/mol. The topological polar surface area (TPSA) is 44.2 Å². The highest BCUT2D eigenvalue weighted by molar-refractivity contribution is 6.61. The number of rotatable bonds is 1. The van der Waals surface area contributed by atoms with Crippen LogP contribution in [0.5, 0.6) is 0 Å². The maximum absolute atomic E-state index is 6.36. The van der Waals surface area contributed by atoms with Crippen LogP contribution < -0.4 is 5.59 Å². The van der Waals surface area contributed by atoms with Crippen LogP contribution in [-0.2, 0) is 14.7 Å².